The number of hydrogen-bond acceptors (Lipinski definition) is 2. The molecule has 5 rings (SSSR count). The van der Waals surface area contributed by atoms with E-state index in [9.17, 15) is 13.2 Å². The molecule has 0 fully saturated rings. The number of H-pyrrole nitrogens is 1. The molecule has 0 unspecified atom stereocenters. The van der Waals surface area contributed by atoms with Gasteiger partial charge in [-0.05, 0) is 54.3 Å². The molecular weight excluding hydrogens is 545 g/mol. The lowest BCUT2D eigenvalue weighted by atomic mass is 9.90. The summed E-state index contributed by atoms with van der Waals surface area (Å²) in [6.07, 6.45) is -1.96. The quantitative estimate of drug-likeness (QED) is 0.170. The molecule has 1 heterocycles. The van der Waals surface area contributed by atoms with Gasteiger partial charge in [-0.2, -0.15) is 13.2 Å². The molecule has 212 valence electrons. The number of nitrogens with zero attached hydrogens (tertiary/aromatic N) is 1. The standard InChI is InChI=1S/C34H32ClF3N2O/c1-24(19-21-41-32-17-9-16-31-28(32)18-20-39-31)40(22-27-14-8-15-30(33(27)35)34(36,37)38)23-29(25-10-4-2-5-11-25)26-12-6-3-7-13-26/h2-18,20,24,29,39H,19,21-23H2,1H3/t24-/m1/s1. The van der Waals surface area contributed by atoms with Crippen molar-refractivity contribution in [3.05, 3.63) is 137 Å². The topological polar surface area (TPSA) is 28.3 Å². The highest BCUT2D eigenvalue weighted by atomic mass is 35.5. The van der Waals surface area contributed by atoms with Crippen molar-refractivity contribution in [3.63, 3.8) is 0 Å². The second-order valence-corrected chi connectivity index (χ2v) is 10.6. The monoisotopic (exact) mass is 576 g/mol. The van der Waals surface area contributed by atoms with E-state index in [4.69, 9.17) is 16.3 Å². The average molecular weight is 577 g/mol. The first-order valence-corrected chi connectivity index (χ1v) is 14.1. The first kappa shape index (κ1) is 28.8. The summed E-state index contributed by atoms with van der Waals surface area (Å²) in [5.41, 5.74) is 2.92. The summed E-state index contributed by atoms with van der Waals surface area (Å²) in [4.78, 5) is 5.41. The summed E-state index contributed by atoms with van der Waals surface area (Å²) in [6.45, 7) is 3.41. The van der Waals surface area contributed by atoms with E-state index in [0.717, 1.165) is 33.8 Å². The van der Waals surface area contributed by atoms with Crippen LogP contribution in [-0.4, -0.2) is 29.1 Å². The first-order chi connectivity index (χ1) is 19.8. The third-order valence-corrected chi connectivity index (χ3v) is 8.00. The number of aromatic amines is 1. The Morgan fingerprint density at radius 2 is 1.49 bits per heavy atom. The van der Waals surface area contributed by atoms with Crippen LogP contribution < -0.4 is 4.74 Å². The SMILES string of the molecule is C[C@H](CCOc1cccc2[nH]ccc12)N(Cc1cccc(C(F)(F)F)c1Cl)CC(c1ccccc1)c1ccccc1. The van der Waals surface area contributed by atoms with E-state index in [1.54, 1.807) is 6.07 Å². The summed E-state index contributed by atoms with van der Waals surface area (Å²) in [5, 5.41) is 0.768. The van der Waals surface area contributed by atoms with Gasteiger partial charge in [-0.15, -0.1) is 0 Å². The zero-order chi connectivity index (χ0) is 28.8. The molecule has 1 N–H and O–H groups in total. The number of aromatic nitrogens is 1. The highest BCUT2D eigenvalue weighted by Gasteiger charge is 2.34. The van der Waals surface area contributed by atoms with Gasteiger partial charge in [-0.25, -0.2) is 0 Å². The van der Waals surface area contributed by atoms with Gasteiger partial charge in [0, 0.05) is 42.1 Å². The Balaban J connectivity index is 1.42. The summed E-state index contributed by atoms with van der Waals surface area (Å²) < 4.78 is 47.2. The van der Waals surface area contributed by atoms with Crippen LogP contribution in [-0.2, 0) is 12.7 Å². The predicted octanol–water partition coefficient (Wildman–Crippen LogP) is 9.33. The van der Waals surface area contributed by atoms with Crippen molar-refractivity contribution in [1.29, 1.82) is 0 Å². The number of hydrogen-bond donors (Lipinski definition) is 1. The van der Waals surface area contributed by atoms with Gasteiger partial charge in [0.15, 0.2) is 0 Å². The number of alkyl halides is 3. The van der Waals surface area contributed by atoms with Crippen LogP contribution in [0.1, 0.15) is 41.5 Å². The molecule has 3 nitrogen and oxygen atoms in total. The van der Waals surface area contributed by atoms with E-state index in [1.807, 2.05) is 66.9 Å². The second-order valence-electron chi connectivity index (χ2n) is 10.3. The number of halogens is 4. The molecular formula is C34H32ClF3N2O. The van der Waals surface area contributed by atoms with E-state index in [-0.39, 0.29) is 23.5 Å². The third-order valence-electron chi connectivity index (χ3n) is 7.55. The fraction of sp³-hybridized carbons (Fsp3) is 0.235. The first-order valence-electron chi connectivity index (χ1n) is 13.7. The van der Waals surface area contributed by atoms with Crippen LogP contribution in [0.2, 0.25) is 5.02 Å². The molecule has 0 bridgehead atoms. The minimum atomic E-state index is -4.52. The van der Waals surface area contributed by atoms with Crippen LogP contribution in [0.3, 0.4) is 0 Å². The van der Waals surface area contributed by atoms with E-state index >= 15 is 0 Å². The molecule has 0 spiro atoms. The average Bonchev–Trinajstić information content (AvgIpc) is 3.46. The Morgan fingerprint density at radius 1 is 0.829 bits per heavy atom. The molecule has 0 aliphatic heterocycles. The van der Waals surface area contributed by atoms with Gasteiger partial charge in [0.2, 0.25) is 0 Å². The van der Waals surface area contributed by atoms with Gasteiger partial charge in [-0.1, -0.05) is 90.5 Å². The van der Waals surface area contributed by atoms with Crippen LogP contribution in [0.5, 0.6) is 5.75 Å². The number of fused-ring (bicyclic) bond motifs is 1. The fourth-order valence-corrected chi connectivity index (χ4v) is 5.55. The smallest absolute Gasteiger partial charge is 0.417 e. The van der Waals surface area contributed by atoms with E-state index < -0.39 is 11.7 Å². The van der Waals surface area contributed by atoms with Crippen molar-refractivity contribution in [1.82, 2.24) is 9.88 Å². The summed E-state index contributed by atoms with van der Waals surface area (Å²) >= 11 is 6.37. The van der Waals surface area contributed by atoms with E-state index in [1.165, 1.54) is 6.07 Å². The van der Waals surface area contributed by atoms with E-state index in [2.05, 4.69) is 41.1 Å². The van der Waals surface area contributed by atoms with Crippen LogP contribution in [0.25, 0.3) is 10.9 Å². The van der Waals surface area contributed by atoms with Gasteiger partial charge in [-0.3, -0.25) is 4.90 Å². The lowest BCUT2D eigenvalue weighted by Gasteiger charge is -2.34. The van der Waals surface area contributed by atoms with Gasteiger partial charge in [0.05, 0.1) is 17.2 Å². The van der Waals surface area contributed by atoms with Gasteiger partial charge >= 0.3 is 6.18 Å². The minimum absolute atomic E-state index is 0.0129. The van der Waals surface area contributed by atoms with Crippen molar-refractivity contribution in [3.8, 4) is 5.75 Å². The molecule has 0 amide bonds. The third kappa shape index (κ3) is 6.95. The normalized spacial score (nSPS) is 12.8. The second kappa shape index (κ2) is 12.8. The highest BCUT2D eigenvalue weighted by molar-refractivity contribution is 6.32. The number of ether oxygens (including phenoxy) is 1. The van der Waals surface area contributed by atoms with Crippen molar-refractivity contribution < 1.29 is 17.9 Å². The Bertz CT molecular complexity index is 1510. The van der Waals surface area contributed by atoms with Gasteiger partial charge in [0.1, 0.15) is 5.75 Å². The fourth-order valence-electron chi connectivity index (χ4n) is 5.25. The van der Waals surface area contributed by atoms with Crippen molar-refractivity contribution in [2.45, 2.75) is 38.0 Å². The largest absolute Gasteiger partial charge is 0.493 e. The van der Waals surface area contributed by atoms with Gasteiger partial charge in [0.25, 0.3) is 0 Å². The molecule has 0 aliphatic carbocycles. The molecule has 41 heavy (non-hydrogen) atoms. The number of nitrogens with one attached hydrogen (secondary N) is 1. The summed E-state index contributed by atoms with van der Waals surface area (Å²) in [7, 11) is 0. The maximum atomic E-state index is 13.7. The molecule has 4 aromatic carbocycles. The number of rotatable bonds is 11. The minimum Gasteiger partial charge on any atom is -0.493 e. The van der Waals surface area contributed by atoms with Crippen LogP contribution in [0.4, 0.5) is 13.2 Å². The molecule has 0 aliphatic rings. The molecule has 7 heteroatoms. The Morgan fingerprint density at radius 3 is 2.15 bits per heavy atom. The Kier molecular flexibility index (Phi) is 9.01. The molecule has 0 saturated carbocycles. The zero-order valence-corrected chi connectivity index (χ0v) is 23.5. The van der Waals surface area contributed by atoms with E-state index in [0.29, 0.717) is 25.1 Å². The Hall–Kier alpha value is -3.74. The molecule has 0 saturated heterocycles. The zero-order valence-electron chi connectivity index (χ0n) is 22.7. The van der Waals surface area contributed by atoms with Crippen LogP contribution in [0, 0.1) is 0 Å². The van der Waals surface area contributed by atoms with Crippen LogP contribution >= 0.6 is 11.6 Å². The maximum Gasteiger partial charge on any atom is 0.417 e. The lowest BCUT2D eigenvalue weighted by Crippen LogP contribution is -2.37. The van der Waals surface area contributed by atoms with Crippen molar-refractivity contribution >= 4 is 22.5 Å². The molecule has 0 radical (unpaired) electrons. The van der Waals surface area contributed by atoms with Gasteiger partial charge < -0.3 is 9.72 Å². The molecule has 1 aromatic heterocycles. The number of benzene rings is 4. The molecule has 1 atom stereocenters. The van der Waals surface area contributed by atoms with Crippen molar-refractivity contribution in [2.24, 2.45) is 0 Å². The summed E-state index contributed by atoms with van der Waals surface area (Å²) in [5.74, 6) is 0.814. The Labute approximate surface area is 243 Å². The lowest BCUT2D eigenvalue weighted by molar-refractivity contribution is -0.137. The molecule has 5 aromatic rings. The predicted molar refractivity (Wildman–Crippen MR) is 159 cm³/mol. The summed E-state index contributed by atoms with van der Waals surface area (Å²) in [6, 6.07) is 32.4. The highest BCUT2D eigenvalue weighted by Crippen LogP contribution is 2.37. The van der Waals surface area contributed by atoms with Crippen LogP contribution in [0.15, 0.2) is 109 Å². The maximum absolute atomic E-state index is 13.7. The van der Waals surface area contributed by atoms with Crippen molar-refractivity contribution in [2.75, 3.05) is 13.2 Å².